The van der Waals surface area contributed by atoms with E-state index in [1.165, 1.54) is 13.0 Å². The molecule has 0 aliphatic carbocycles. The summed E-state index contributed by atoms with van der Waals surface area (Å²) in [4.78, 5) is 44.3. The molecule has 0 aliphatic heterocycles. The Morgan fingerprint density at radius 2 is 1.07 bits per heavy atom. The number of nitrogens with two attached hydrogens (primary N) is 1. The summed E-state index contributed by atoms with van der Waals surface area (Å²) >= 11 is 11.1. The number of hydrogen-bond donors (Lipinski definition) is 3. The molecule has 0 unspecified atom stereocenters. The highest BCUT2D eigenvalue weighted by atomic mass is 35.5. The molecule has 0 aliphatic rings. The number of halogens is 7. The Labute approximate surface area is 265 Å². The first kappa shape index (κ1) is 35.1. The minimum atomic E-state index is -1.43. The van der Waals surface area contributed by atoms with Crippen LogP contribution >= 0.6 is 23.2 Å². The fourth-order valence-corrected chi connectivity index (χ4v) is 4.09. The van der Waals surface area contributed by atoms with Gasteiger partial charge < -0.3 is 16.4 Å². The van der Waals surface area contributed by atoms with Crippen LogP contribution in [0.1, 0.15) is 31.8 Å². The Kier molecular flexibility index (Phi) is 10.8. The SMILES string of the molecule is Cc1c(F)cc(C(=O)Nc2ccc(F)c(Cl)c2)c([N+](=O)[O-])c1F.Cc1c(F)cc(C(=O)Nc2ccc(F)c(Cl)c2)c([N+](=O)[O-])c1N. The third-order valence-electron chi connectivity index (χ3n) is 6.17. The summed E-state index contributed by atoms with van der Waals surface area (Å²) < 4.78 is 67.3. The zero-order valence-corrected chi connectivity index (χ0v) is 24.7. The second-order valence-corrected chi connectivity index (χ2v) is 9.98. The molecule has 0 bridgehead atoms. The van der Waals surface area contributed by atoms with Gasteiger partial charge in [0.2, 0.25) is 5.82 Å². The van der Waals surface area contributed by atoms with Gasteiger partial charge in [-0.15, -0.1) is 0 Å². The van der Waals surface area contributed by atoms with Crippen molar-refractivity contribution in [1.29, 1.82) is 0 Å². The molecule has 46 heavy (non-hydrogen) atoms. The first-order valence-electron chi connectivity index (χ1n) is 12.3. The molecule has 4 rings (SSSR count). The number of nitro benzene ring substituents is 2. The number of nitrogens with zero attached hydrogens (tertiary/aromatic N) is 2. The lowest BCUT2D eigenvalue weighted by Gasteiger charge is -2.10. The number of nitrogen functional groups attached to an aromatic ring is 1. The van der Waals surface area contributed by atoms with Gasteiger partial charge in [-0.2, -0.15) is 4.39 Å². The van der Waals surface area contributed by atoms with Gasteiger partial charge in [-0.3, -0.25) is 29.8 Å². The molecule has 18 heteroatoms. The van der Waals surface area contributed by atoms with Gasteiger partial charge in [-0.05, 0) is 62.4 Å². The van der Waals surface area contributed by atoms with Crippen molar-refractivity contribution in [2.75, 3.05) is 16.4 Å². The van der Waals surface area contributed by atoms with Crippen LogP contribution in [0, 0.1) is 63.2 Å². The number of benzene rings is 4. The van der Waals surface area contributed by atoms with Gasteiger partial charge in [0.15, 0.2) is 0 Å². The molecule has 4 aromatic carbocycles. The fourth-order valence-electron chi connectivity index (χ4n) is 3.72. The van der Waals surface area contributed by atoms with E-state index in [0.717, 1.165) is 43.3 Å². The van der Waals surface area contributed by atoms with Crippen LogP contribution in [0.3, 0.4) is 0 Å². The smallest absolute Gasteiger partial charge is 0.317 e. The van der Waals surface area contributed by atoms with Crippen LogP contribution in [-0.4, -0.2) is 21.7 Å². The minimum Gasteiger partial charge on any atom is -0.393 e. The maximum atomic E-state index is 13.9. The molecule has 2 amide bonds. The standard InChI is InChI=1S/C14H8ClF3N2O3.C14H10ClF2N3O3/c2*1-6-11(17)5-8(13(12(6)18)20(22)23)14(21)19-7-2-3-10(16)9(15)4-7/h2-5H,1H3,(H,19,21);2-5H,18H2,1H3,(H,19,21). The quantitative estimate of drug-likeness (QED) is 0.0801. The van der Waals surface area contributed by atoms with Gasteiger partial charge in [0.25, 0.3) is 11.8 Å². The summed E-state index contributed by atoms with van der Waals surface area (Å²) in [5.74, 6) is -6.91. The average molecular weight is 686 g/mol. The molecule has 0 saturated heterocycles. The highest BCUT2D eigenvalue weighted by Gasteiger charge is 2.30. The molecular formula is C28H18Cl2F5N5O6. The van der Waals surface area contributed by atoms with Crippen LogP contribution in [0.25, 0.3) is 0 Å². The lowest BCUT2D eigenvalue weighted by Crippen LogP contribution is -2.16. The van der Waals surface area contributed by atoms with Gasteiger partial charge in [-0.1, -0.05) is 23.2 Å². The second-order valence-electron chi connectivity index (χ2n) is 9.17. The molecule has 0 saturated carbocycles. The van der Waals surface area contributed by atoms with E-state index in [-0.39, 0.29) is 27.0 Å². The van der Waals surface area contributed by atoms with Crippen molar-refractivity contribution in [3.05, 3.63) is 130 Å². The molecule has 240 valence electrons. The second kappa shape index (κ2) is 14.2. The van der Waals surface area contributed by atoms with E-state index in [9.17, 15) is 51.8 Å². The lowest BCUT2D eigenvalue weighted by molar-refractivity contribution is -0.387. The van der Waals surface area contributed by atoms with Crippen LogP contribution in [-0.2, 0) is 0 Å². The van der Waals surface area contributed by atoms with Crippen LogP contribution in [0.5, 0.6) is 0 Å². The Hall–Kier alpha value is -5.35. The van der Waals surface area contributed by atoms with Gasteiger partial charge in [0.05, 0.1) is 19.9 Å². The molecule has 11 nitrogen and oxygen atoms in total. The number of nitrogens with one attached hydrogen (secondary N) is 2. The van der Waals surface area contributed by atoms with Gasteiger partial charge >= 0.3 is 11.4 Å². The van der Waals surface area contributed by atoms with Crippen LogP contribution in [0.15, 0.2) is 48.5 Å². The van der Waals surface area contributed by atoms with Crippen molar-refractivity contribution >= 4 is 63.5 Å². The molecule has 0 atom stereocenters. The summed E-state index contributed by atoms with van der Waals surface area (Å²) in [6.07, 6.45) is 0. The first-order valence-corrected chi connectivity index (χ1v) is 13.1. The molecule has 0 fully saturated rings. The minimum absolute atomic E-state index is 0.0112. The van der Waals surface area contributed by atoms with Crippen LogP contribution < -0.4 is 16.4 Å². The zero-order chi connectivity index (χ0) is 34.6. The molecular weight excluding hydrogens is 668 g/mol. The summed E-state index contributed by atoms with van der Waals surface area (Å²) in [6, 6.07) is 7.79. The molecule has 0 aromatic heterocycles. The third-order valence-corrected chi connectivity index (χ3v) is 6.75. The predicted octanol–water partition coefficient (Wildman–Crippen LogP) is 7.90. The highest BCUT2D eigenvalue weighted by molar-refractivity contribution is 6.31. The largest absolute Gasteiger partial charge is 0.393 e. The zero-order valence-electron chi connectivity index (χ0n) is 23.2. The normalized spacial score (nSPS) is 10.5. The van der Waals surface area contributed by atoms with Crippen LogP contribution in [0.2, 0.25) is 10.0 Å². The maximum absolute atomic E-state index is 13.9. The molecule has 0 heterocycles. The van der Waals surface area contributed by atoms with Crippen molar-refractivity contribution in [1.82, 2.24) is 0 Å². The van der Waals surface area contributed by atoms with E-state index in [4.69, 9.17) is 28.9 Å². The number of carbonyl (C=O) groups is 2. The van der Waals surface area contributed by atoms with E-state index in [1.807, 2.05) is 0 Å². The number of hydrogen-bond acceptors (Lipinski definition) is 7. The van der Waals surface area contributed by atoms with E-state index in [2.05, 4.69) is 10.6 Å². The molecule has 4 aromatic rings. The van der Waals surface area contributed by atoms with Crippen molar-refractivity contribution in [3.63, 3.8) is 0 Å². The summed E-state index contributed by atoms with van der Waals surface area (Å²) in [5.41, 5.74) is 1.32. The fraction of sp³-hybridized carbons (Fsp3) is 0.0714. The average Bonchev–Trinajstić information content (AvgIpc) is 2.97. The first-order chi connectivity index (χ1) is 21.4. The number of carbonyl (C=O) groups excluding carboxylic acids is 2. The summed E-state index contributed by atoms with van der Waals surface area (Å²) in [6.45, 7) is 2.28. The number of amides is 2. The van der Waals surface area contributed by atoms with Crippen molar-refractivity contribution in [3.8, 4) is 0 Å². The Bertz CT molecular complexity index is 1790. The van der Waals surface area contributed by atoms with Gasteiger partial charge in [0.1, 0.15) is 40.1 Å². The predicted molar refractivity (Wildman–Crippen MR) is 159 cm³/mol. The molecule has 4 N–H and O–H groups in total. The van der Waals surface area contributed by atoms with Gasteiger partial charge in [-0.25, -0.2) is 17.6 Å². The highest BCUT2D eigenvalue weighted by Crippen LogP contribution is 2.32. The van der Waals surface area contributed by atoms with Gasteiger partial charge in [0, 0.05) is 22.5 Å². The lowest BCUT2D eigenvalue weighted by atomic mass is 10.1. The Balaban J connectivity index is 0.000000250. The third kappa shape index (κ3) is 7.65. The van der Waals surface area contributed by atoms with Crippen molar-refractivity contribution < 1.29 is 41.4 Å². The molecule has 0 radical (unpaired) electrons. The summed E-state index contributed by atoms with van der Waals surface area (Å²) in [5, 5.41) is 26.0. The number of nitro groups is 2. The van der Waals surface area contributed by atoms with Crippen molar-refractivity contribution in [2.24, 2.45) is 0 Å². The Morgan fingerprint density at radius 3 is 1.46 bits per heavy atom. The number of anilines is 3. The van der Waals surface area contributed by atoms with E-state index >= 15 is 0 Å². The Morgan fingerprint density at radius 1 is 0.674 bits per heavy atom. The van der Waals surface area contributed by atoms with Crippen molar-refractivity contribution in [2.45, 2.75) is 13.8 Å². The monoisotopic (exact) mass is 685 g/mol. The number of rotatable bonds is 6. The topological polar surface area (TPSA) is 171 Å². The van der Waals surface area contributed by atoms with E-state index < -0.39 is 84.5 Å². The molecule has 0 spiro atoms. The van der Waals surface area contributed by atoms with Crippen LogP contribution in [0.4, 0.5) is 50.4 Å². The summed E-state index contributed by atoms with van der Waals surface area (Å²) in [7, 11) is 0. The van der Waals surface area contributed by atoms with E-state index in [0.29, 0.717) is 6.07 Å². The maximum Gasteiger partial charge on any atom is 0.317 e. The van der Waals surface area contributed by atoms with E-state index in [1.54, 1.807) is 0 Å².